The highest BCUT2D eigenvalue weighted by Crippen LogP contribution is 2.33. The van der Waals surface area contributed by atoms with Crippen LogP contribution in [0.3, 0.4) is 0 Å². The van der Waals surface area contributed by atoms with E-state index in [-0.39, 0.29) is 5.25 Å². The van der Waals surface area contributed by atoms with Crippen LogP contribution in [0.2, 0.25) is 0 Å². The van der Waals surface area contributed by atoms with Gasteiger partial charge in [0.15, 0.2) is 5.09 Å². The van der Waals surface area contributed by atoms with Crippen LogP contribution in [0.15, 0.2) is 27.9 Å². The largest absolute Gasteiger partial charge is 0.480 e. The number of thioether (sulfide) groups is 1. The molecule has 1 N–H and O–H groups in total. The molecule has 94 valence electrons. The number of carbonyl (C=O) groups is 1. The van der Waals surface area contributed by atoms with Crippen molar-refractivity contribution in [3.8, 4) is 0 Å². The van der Waals surface area contributed by atoms with Crippen molar-refractivity contribution in [3.05, 3.63) is 18.4 Å². The Balaban J connectivity index is 1.90. The SMILES string of the molecule is O=C(O)C(CC1CCCCC1)Sc1ccco1. The highest BCUT2D eigenvalue weighted by atomic mass is 32.2. The maximum absolute atomic E-state index is 11.2. The number of rotatable bonds is 5. The summed E-state index contributed by atoms with van der Waals surface area (Å²) in [5.74, 6) is -0.149. The van der Waals surface area contributed by atoms with Gasteiger partial charge in [0.25, 0.3) is 0 Å². The summed E-state index contributed by atoms with van der Waals surface area (Å²) in [5, 5.41) is 9.57. The summed E-state index contributed by atoms with van der Waals surface area (Å²) in [7, 11) is 0. The van der Waals surface area contributed by atoms with Gasteiger partial charge in [-0.25, -0.2) is 0 Å². The summed E-state index contributed by atoms with van der Waals surface area (Å²) in [6.45, 7) is 0. The van der Waals surface area contributed by atoms with Gasteiger partial charge in [0.05, 0.1) is 6.26 Å². The third kappa shape index (κ3) is 3.80. The molecule has 1 heterocycles. The van der Waals surface area contributed by atoms with Crippen molar-refractivity contribution in [1.29, 1.82) is 0 Å². The Hall–Kier alpha value is -0.900. The van der Waals surface area contributed by atoms with Gasteiger partial charge in [0.1, 0.15) is 5.25 Å². The van der Waals surface area contributed by atoms with Crippen molar-refractivity contribution in [3.63, 3.8) is 0 Å². The molecule has 1 aliphatic rings. The first-order chi connectivity index (χ1) is 8.25. The monoisotopic (exact) mass is 254 g/mol. The summed E-state index contributed by atoms with van der Waals surface area (Å²) in [6, 6.07) is 3.61. The second kappa shape index (κ2) is 6.15. The zero-order chi connectivity index (χ0) is 12.1. The maximum Gasteiger partial charge on any atom is 0.317 e. The first-order valence-electron chi connectivity index (χ1n) is 6.18. The standard InChI is InChI=1S/C13H18O3S/c14-13(15)11(17-12-7-4-8-16-12)9-10-5-2-1-3-6-10/h4,7-8,10-11H,1-3,5-6,9H2,(H,14,15). The Bertz CT molecular complexity index is 342. The molecule has 0 bridgehead atoms. The van der Waals surface area contributed by atoms with Gasteiger partial charge >= 0.3 is 5.97 Å². The maximum atomic E-state index is 11.2. The van der Waals surface area contributed by atoms with Crippen molar-refractivity contribution < 1.29 is 14.3 Å². The minimum atomic E-state index is -0.725. The molecule has 1 unspecified atom stereocenters. The molecule has 1 aromatic heterocycles. The average Bonchev–Trinajstić information content (AvgIpc) is 2.82. The van der Waals surface area contributed by atoms with E-state index in [1.54, 1.807) is 12.3 Å². The molecule has 17 heavy (non-hydrogen) atoms. The number of furan rings is 1. The van der Waals surface area contributed by atoms with Gasteiger partial charge in [-0.05, 0) is 24.5 Å². The predicted octanol–water partition coefficient (Wildman–Crippen LogP) is 3.80. The van der Waals surface area contributed by atoms with E-state index >= 15 is 0 Å². The average molecular weight is 254 g/mol. The Morgan fingerprint density at radius 1 is 1.47 bits per heavy atom. The molecule has 1 atom stereocenters. The van der Waals surface area contributed by atoms with Crippen LogP contribution in [0.1, 0.15) is 38.5 Å². The van der Waals surface area contributed by atoms with Crippen molar-refractivity contribution in [2.45, 2.75) is 48.9 Å². The number of hydrogen-bond donors (Lipinski definition) is 1. The number of carboxylic acids is 1. The molecule has 2 rings (SSSR count). The Morgan fingerprint density at radius 3 is 2.82 bits per heavy atom. The van der Waals surface area contributed by atoms with Crippen molar-refractivity contribution >= 4 is 17.7 Å². The Morgan fingerprint density at radius 2 is 2.24 bits per heavy atom. The zero-order valence-corrected chi connectivity index (χ0v) is 10.6. The summed E-state index contributed by atoms with van der Waals surface area (Å²) in [6.07, 6.45) is 8.53. The van der Waals surface area contributed by atoms with E-state index in [0.717, 1.165) is 6.42 Å². The van der Waals surface area contributed by atoms with Crippen LogP contribution in [0.25, 0.3) is 0 Å². The molecule has 1 aromatic rings. The summed E-state index contributed by atoms with van der Waals surface area (Å²) >= 11 is 1.33. The third-order valence-electron chi connectivity index (χ3n) is 3.30. The Labute approximate surface area is 106 Å². The molecule has 0 saturated heterocycles. The molecule has 0 aromatic carbocycles. The predicted molar refractivity (Wildman–Crippen MR) is 67.2 cm³/mol. The molecule has 3 nitrogen and oxygen atoms in total. The quantitative estimate of drug-likeness (QED) is 0.812. The highest BCUT2D eigenvalue weighted by molar-refractivity contribution is 8.00. The van der Waals surface area contributed by atoms with E-state index in [1.807, 2.05) is 6.07 Å². The summed E-state index contributed by atoms with van der Waals surface area (Å²) < 4.78 is 5.20. The van der Waals surface area contributed by atoms with Gasteiger partial charge in [0, 0.05) is 0 Å². The Kier molecular flexibility index (Phi) is 4.54. The summed E-state index contributed by atoms with van der Waals surface area (Å²) in [5.41, 5.74) is 0. The van der Waals surface area contributed by atoms with Gasteiger partial charge in [-0.1, -0.05) is 43.9 Å². The molecule has 0 spiro atoms. The van der Waals surface area contributed by atoms with Crippen LogP contribution in [-0.2, 0) is 4.79 Å². The van der Waals surface area contributed by atoms with E-state index < -0.39 is 5.97 Å². The van der Waals surface area contributed by atoms with E-state index in [1.165, 1.54) is 43.9 Å². The highest BCUT2D eigenvalue weighted by Gasteiger charge is 2.25. The van der Waals surface area contributed by atoms with Crippen LogP contribution in [-0.4, -0.2) is 16.3 Å². The molecular weight excluding hydrogens is 236 g/mol. The van der Waals surface area contributed by atoms with Crippen molar-refractivity contribution in [1.82, 2.24) is 0 Å². The molecular formula is C13H18O3S. The van der Waals surface area contributed by atoms with Crippen LogP contribution in [0, 0.1) is 5.92 Å². The van der Waals surface area contributed by atoms with E-state index in [0.29, 0.717) is 11.0 Å². The molecule has 0 radical (unpaired) electrons. The van der Waals surface area contributed by atoms with Gasteiger partial charge in [-0.2, -0.15) is 0 Å². The van der Waals surface area contributed by atoms with Crippen LogP contribution >= 0.6 is 11.8 Å². The van der Waals surface area contributed by atoms with Gasteiger partial charge in [0.2, 0.25) is 0 Å². The minimum absolute atomic E-state index is 0.371. The van der Waals surface area contributed by atoms with Crippen LogP contribution < -0.4 is 0 Å². The van der Waals surface area contributed by atoms with Gasteiger partial charge in [-0.15, -0.1) is 0 Å². The van der Waals surface area contributed by atoms with Gasteiger partial charge < -0.3 is 9.52 Å². The number of aliphatic carboxylic acids is 1. The number of hydrogen-bond acceptors (Lipinski definition) is 3. The van der Waals surface area contributed by atoms with E-state index in [2.05, 4.69) is 0 Å². The van der Waals surface area contributed by atoms with E-state index in [4.69, 9.17) is 4.42 Å². The number of carboxylic acid groups (broad SMARTS) is 1. The smallest absolute Gasteiger partial charge is 0.317 e. The fourth-order valence-electron chi connectivity index (χ4n) is 2.40. The minimum Gasteiger partial charge on any atom is -0.480 e. The lowest BCUT2D eigenvalue weighted by Gasteiger charge is -2.23. The summed E-state index contributed by atoms with van der Waals surface area (Å²) in [4.78, 5) is 11.2. The lowest BCUT2D eigenvalue weighted by atomic mass is 9.86. The van der Waals surface area contributed by atoms with Crippen LogP contribution in [0.4, 0.5) is 0 Å². The van der Waals surface area contributed by atoms with Crippen molar-refractivity contribution in [2.75, 3.05) is 0 Å². The first kappa shape index (κ1) is 12.6. The van der Waals surface area contributed by atoms with E-state index in [9.17, 15) is 9.90 Å². The molecule has 4 heteroatoms. The molecule has 1 aliphatic carbocycles. The zero-order valence-electron chi connectivity index (χ0n) is 9.80. The lowest BCUT2D eigenvalue weighted by Crippen LogP contribution is -2.21. The normalized spacial score (nSPS) is 19.1. The van der Waals surface area contributed by atoms with Crippen molar-refractivity contribution in [2.24, 2.45) is 5.92 Å². The molecule has 0 amide bonds. The van der Waals surface area contributed by atoms with Crippen LogP contribution in [0.5, 0.6) is 0 Å². The fraction of sp³-hybridized carbons (Fsp3) is 0.615. The second-order valence-electron chi connectivity index (χ2n) is 4.62. The topological polar surface area (TPSA) is 50.4 Å². The fourth-order valence-corrected chi connectivity index (χ4v) is 3.41. The first-order valence-corrected chi connectivity index (χ1v) is 7.06. The third-order valence-corrected chi connectivity index (χ3v) is 4.44. The second-order valence-corrected chi connectivity index (χ2v) is 5.82. The molecule has 1 saturated carbocycles. The molecule has 1 fully saturated rings. The lowest BCUT2D eigenvalue weighted by molar-refractivity contribution is -0.136. The molecule has 0 aliphatic heterocycles. The van der Waals surface area contributed by atoms with Gasteiger partial charge in [-0.3, -0.25) is 4.79 Å².